The van der Waals surface area contributed by atoms with E-state index < -0.39 is 0 Å². The Labute approximate surface area is 93.7 Å². The van der Waals surface area contributed by atoms with E-state index in [1.807, 2.05) is 17.9 Å². The summed E-state index contributed by atoms with van der Waals surface area (Å²) in [6, 6.07) is 8.40. The molecule has 2 aromatic heterocycles. The summed E-state index contributed by atoms with van der Waals surface area (Å²) in [6.45, 7) is 2.14. The second kappa shape index (κ2) is 3.30. The molecule has 0 radical (unpaired) electrons. The van der Waals surface area contributed by atoms with Gasteiger partial charge in [0.25, 0.3) is 0 Å². The van der Waals surface area contributed by atoms with Gasteiger partial charge in [-0.15, -0.1) is 0 Å². The van der Waals surface area contributed by atoms with E-state index in [0.717, 1.165) is 23.1 Å². The van der Waals surface area contributed by atoms with Crippen molar-refractivity contribution in [1.29, 1.82) is 0 Å². The lowest BCUT2D eigenvalue weighted by Crippen LogP contribution is -1.96. The van der Waals surface area contributed by atoms with Crippen LogP contribution in [0.5, 0.6) is 0 Å². The number of benzene rings is 1. The minimum atomic E-state index is 0.946. The average Bonchev–Trinajstić information content (AvgIpc) is 2.70. The molecular weight excluding hydrogens is 198 g/mol. The van der Waals surface area contributed by atoms with E-state index in [0.29, 0.717) is 0 Å². The Kier molecular flexibility index (Phi) is 1.93. The fourth-order valence-corrected chi connectivity index (χ4v) is 2.18. The van der Waals surface area contributed by atoms with Crippen LogP contribution in [0.25, 0.3) is 21.8 Å². The van der Waals surface area contributed by atoms with E-state index in [-0.39, 0.29) is 0 Å². The highest BCUT2D eigenvalue weighted by Gasteiger charge is 2.09. The predicted octanol–water partition coefficient (Wildman–Crippen LogP) is 2.68. The van der Waals surface area contributed by atoms with Gasteiger partial charge in [0.05, 0.1) is 11.9 Å². The van der Waals surface area contributed by atoms with E-state index >= 15 is 0 Å². The van der Waals surface area contributed by atoms with E-state index in [1.54, 1.807) is 0 Å². The molecule has 0 bridgehead atoms. The minimum Gasteiger partial charge on any atom is -0.250 e. The van der Waals surface area contributed by atoms with Crippen LogP contribution in [-0.4, -0.2) is 14.8 Å². The summed E-state index contributed by atoms with van der Waals surface area (Å²) < 4.78 is 1.83. The third-order valence-electron chi connectivity index (χ3n) is 3.01. The number of hydrogen-bond donors (Lipinski definition) is 0. The molecule has 0 spiro atoms. The molecule has 0 saturated carbocycles. The van der Waals surface area contributed by atoms with Crippen LogP contribution in [0.1, 0.15) is 12.6 Å². The van der Waals surface area contributed by atoms with Crippen LogP contribution in [0.2, 0.25) is 0 Å². The molecule has 0 amide bonds. The molecule has 3 aromatic rings. The lowest BCUT2D eigenvalue weighted by Gasteiger charge is -2.05. The van der Waals surface area contributed by atoms with Gasteiger partial charge in [0.2, 0.25) is 0 Å². The fraction of sp³-hybridized carbons (Fsp3) is 0.231. The van der Waals surface area contributed by atoms with Gasteiger partial charge in [-0.1, -0.05) is 31.2 Å². The maximum atomic E-state index is 4.68. The molecule has 0 aliphatic carbocycles. The smallest absolute Gasteiger partial charge is 0.158 e. The monoisotopic (exact) mass is 211 g/mol. The van der Waals surface area contributed by atoms with Crippen LogP contribution in [0, 0.1) is 0 Å². The Balaban J connectivity index is 2.58. The summed E-state index contributed by atoms with van der Waals surface area (Å²) in [5.41, 5.74) is 2.11. The number of nitrogens with zero attached hydrogens (tertiary/aromatic N) is 3. The zero-order valence-electron chi connectivity index (χ0n) is 9.44. The molecule has 0 atom stereocenters. The van der Waals surface area contributed by atoms with Crippen LogP contribution in [-0.2, 0) is 13.5 Å². The van der Waals surface area contributed by atoms with Crippen molar-refractivity contribution in [3.8, 4) is 0 Å². The lowest BCUT2D eigenvalue weighted by atomic mass is 10.1. The van der Waals surface area contributed by atoms with Crippen molar-refractivity contribution in [2.24, 2.45) is 7.05 Å². The molecule has 80 valence electrons. The fourth-order valence-electron chi connectivity index (χ4n) is 2.18. The second-order valence-electron chi connectivity index (χ2n) is 3.96. The van der Waals surface area contributed by atoms with Crippen molar-refractivity contribution in [3.05, 3.63) is 36.2 Å². The zero-order valence-corrected chi connectivity index (χ0v) is 9.44. The SMILES string of the molecule is CCc1nc2c(cnn2C)c2ccccc12. The van der Waals surface area contributed by atoms with Crippen molar-refractivity contribution in [3.63, 3.8) is 0 Å². The highest BCUT2D eigenvalue weighted by atomic mass is 15.3. The Morgan fingerprint density at radius 1 is 1.12 bits per heavy atom. The van der Waals surface area contributed by atoms with Crippen molar-refractivity contribution in [2.75, 3.05) is 0 Å². The zero-order chi connectivity index (χ0) is 11.1. The summed E-state index contributed by atoms with van der Waals surface area (Å²) in [6.07, 6.45) is 2.84. The Hall–Kier alpha value is -1.90. The summed E-state index contributed by atoms with van der Waals surface area (Å²) in [5.74, 6) is 0. The first-order chi connectivity index (χ1) is 7.81. The van der Waals surface area contributed by atoms with Gasteiger partial charge < -0.3 is 0 Å². The van der Waals surface area contributed by atoms with Gasteiger partial charge in [-0.3, -0.25) is 4.68 Å². The molecule has 3 rings (SSSR count). The third-order valence-corrected chi connectivity index (χ3v) is 3.01. The van der Waals surface area contributed by atoms with Crippen LogP contribution in [0.4, 0.5) is 0 Å². The van der Waals surface area contributed by atoms with Crippen molar-refractivity contribution in [2.45, 2.75) is 13.3 Å². The van der Waals surface area contributed by atoms with Gasteiger partial charge in [-0.25, -0.2) is 4.98 Å². The molecule has 0 unspecified atom stereocenters. The summed E-state index contributed by atoms with van der Waals surface area (Å²) in [5, 5.41) is 7.90. The first-order valence-corrected chi connectivity index (χ1v) is 5.50. The molecule has 3 nitrogen and oxygen atoms in total. The quantitative estimate of drug-likeness (QED) is 0.619. The van der Waals surface area contributed by atoms with Gasteiger partial charge in [-0.2, -0.15) is 5.10 Å². The van der Waals surface area contributed by atoms with Crippen molar-refractivity contribution >= 4 is 21.8 Å². The van der Waals surface area contributed by atoms with E-state index in [1.165, 1.54) is 10.8 Å². The predicted molar refractivity (Wildman–Crippen MR) is 65.4 cm³/mol. The molecule has 0 N–H and O–H groups in total. The largest absolute Gasteiger partial charge is 0.250 e. The first-order valence-electron chi connectivity index (χ1n) is 5.50. The Morgan fingerprint density at radius 3 is 2.62 bits per heavy atom. The Bertz CT molecular complexity index is 667. The van der Waals surface area contributed by atoms with Crippen LogP contribution in [0.3, 0.4) is 0 Å². The third kappa shape index (κ3) is 1.14. The molecule has 0 saturated heterocycles. The van der Waals surface area contributed by atoms with E-state index in [2.05, 4.69) is 41.3 Å². The van der Waals surface area contributed by atoms with Crippen molar-refractivity contribution in [1.82, 2.24) is 14.8 Å². The summed E-state index contributed by atoms with van der Waals surface area (Å²) in [4.78, 5) is 4.68. The number of aryl methyl sites for hydroxylation is 2. The van der Waals surface area contributed by atoms with Crippen LogP contribution >= 0.6 is 0 Å². The standard InChI is InChI=1S/C13H13N3/c1-3-12-10-7-5-4-6-9(10)11-8-14-16(2)13(11)15-12/h4-8H,3H2,1-2H3. The topological polar surface area (TPSA) is 30.7 Å². The first kappa shape index (κ1) is 9.33. The maximum Gasteiger partial charge on any atom is 0.158 e. The number of hydrogen-bond acceptors (Lipinski definition) is 2. The van der Waals surface area contributed by atoms with E-state index in [4.69, 9.17) is 0 Å². The van der Waals surface area contributed by atoms with Gasteiger partial charge >= 0.3 is 0 Å². The molecule has 0 aliphatic heterocycles. The molecule has 3 heteroatoms. The number of pyridine rings is 1. The Morgan fingerprint density at radius 2 is 1.88 bits per heavy atom. The van der Waals surface area contributed by atoms with Gasteiger partial charge in [0.1, 0.15) is 0 Å². The normalized spacial score (nSPS) is 11.4. The second-order valence-corrected chi connectivity index (χ2v) is 3.96. The minimum absolute atomic E-state index is 0.946. The molecule has 1 aromatic carbocycles. The lowest BCUT2D eigenvalue weighted by molar-refractivity contribution is 0.783. The van der Waals surface area contributed by atoms with Gasteiger partial charge in [-0.05, 0) is 11.8 Å². The van der Waals surface area contributed by atoms with Crippen molar-refractivity contribution < 1.29 is 0 Å². The van der Waals surface area contributed by atoms with Gasteiger partial charge in [0, 0.05) is 17.8 Å². The molecular formula is C13H13N3. The summed E-state index contributed by atoms with van der Waals surface area (Å²) >= 11 is 0. The van der Waals surface area contributed by atoms with E-state index in [9.17, 15) is 0 Å². The van der Waals surface area contributed by atoms with Crippen LogP contribution < -0.4 is 0 Å². The average molecular weight is 211 g/mol. The molecule has 0 fully saturated rings. The molecule has 16 heavy (non-hydrogen) atoms. The number of rotatable bonds is 1. The molecule has 0 aliphatic rings. The summed E-state index contributed by atoms with van der Waals surface area (Å²) in [7, 11) is 1.93. The molecule has 2 heterocycles. The van der Waals surface area contributed by atoms with Crippen LogP contribution in [0.15, 0.2) is 30.5 Å². The highest BCUT2D eigenvalue weighted by Crippen LogP contribution is 2.25. The number of fused-ring (bicyclic) bond motifs is 3. The number of aromatic nitrogens is 3. The highest BCUT2D eigenvalue weighted by molar-refractivity contribution is 6.05. The maximum absolute atomic E-state index is 4.68. The van der Waals surface area contributed by atoms with Gasteiger partial charge in [0.15, 0.2) is 5.65 Å².